The van der Waals surface area contributed by atoms with Crippen LogP contribution in [-0.2, 0) is 13.9 Å². The standard InChI is InChI=1S/C7H15O5PS/c1-2-3-4-6(8)7(14)5-12-13(9,10)11/h7,14H,2-5H2,1H3,(H2,9,10,11). The molecule has 0 aliphatic rings. The van der Waals surface area contributed by atoms with Gasteiger partial charge in [-0.05, 0) is 6.42 Å². The van der Waals surface area contributed by atoms with Crippen LogP contribution in [0.4, 0.5) is 0 Å². The molecule has 0 amide bonds. The topological polar surface area (TPSA) is 83.8 Å². The third kappa shape index (κ3) is 7.53. The van der Waals surface area contributed by atoms with Gasteiger partial charge in [-0.2, -0.15) is 12.6 Å². The molecule has 5 nitrogen and oxygen atoms in total. The highest BCUT2D eigenvalue weighted by molar-refractivity contribution is 7.81. The number of hydrogen-bond donors (Lipinski definition) is 3. The van der Waals surface area contributed by atoms with Gasteiger partial charge in [0.25, 0.3) is 0 Å². The molecule has 1 atom stereocenters. The maximum Gasteiger partial charge on any atom is 0.469 e. The second-order valence-electron chi connectivity index (χ2n) is 2.87. The van der Waals surface area contributed by atoms with Gasteiger partial charge >= 0.3 is 7.82 Å². The number of rotatable bonds is 7. The van der Waals surface area contributed by atoms with Crippen molar-refractivity contribution >= 4 is 26.2 Å². The summed E-state index contributed by atoms with van der Waals surface area (Å²) in [6.07, 6.45) is 2.02. The van der Waals surface area contributed by atoms with E-state index >= 15 is 0 Å². The van der Waals surface area contributed by atoms with Crippen LogP contribution in [0.15, 0.2) is 0 Å². The molecule has 14 heavy (non-hydrogen) atoms. The van der Waals surface area contributed by atoms with Crippen molar-refractivity contribution in [2.24, 2.45) is 0 Å². The molecule has 84 valence electrons. The molecule has 0 aromatic rings. The van der Waals surface area contributed by atoms with Crippen LogP contribution in [0.25, 0.3) is 0 Å². The zero-order valence-electron chi connectivity index (χ0n) is 7.92. The molecule has 0 aromatic heterocycles. The number of phosphoric ester groups is 1. The first kappa shape index (κ1) is 14.1. The minimum absolute atomic E-state index is 0.149. The van der Waals surface area contributed by atoms with Crippen molar-refractivity contribution in [3.63, 3.8) is 0 Å². The van der Waals surface area contributed by atoms with Crippen molar-refractivity contribution in [1.29, 1.82) is 0 Å². The van der Waals surface area contributed by atoms with Crippen molar-refractivity contribution < 1.29 is 23.7 Å². The van der Waals surface area contributed by atoms with Gasteiger partial charge in [-0.25, -0.2) is 4.57 Å². The third-order valence-corrected chi connectivity index (χ3v) is 2.47. The molecule has 2 N–H and O–H groups in total. The molecular weight excluding hydrogens is 227 g/mol. The first-order valence-electron chi connectivity index (χ1n) is 4.27. The summed E-state index contributed by atoms with van der Waals surface area (Å²) in [6.45, 7) is 1.60. The molecule has 0 spiro atoms. The fourth-order valence-corrected chi connectivity index (χ4v) is 1.44. The highest BCUT2D eigenvalue weighted by atomic mass is 32.1. The van der Waals surface area contributed by atoms with Gasteiger partial charge in [-0.3, -0.25) is 9.32 Å². The summed E-state index contributed by atoms with van der Waals surface area (Å²) in [7, 11) is -4.49. The lowest BCUT2D eigenvalue weighted by Crippen LogP contribution is -2.19. The van der Waals surface area contributed by atoms with E-state index in [1.165, 1.54) is 0 Å². The first-order valence-corrected chi connectivity index (χ1v) is 6.32. The Balaban J connectivity index is 3.78. The Hall–Kier alpha value is 0.130. The summed E-state index contributed by atoms with van der Waals surface area (Å²) in [5.41, 5.74) is 0. The van der Waals surface area contributed by atoms with Crippen LogP contribution in [0.3, 0.4) is 0 Å². The Morgan fingerprint density at radius 2 is 2.14 bits per heavy atom. The van der Waals surface area contributed by atoms with E-state index in [4.69, 9.17) is 9.79 Å². The smallest absolute Gasteiger partial charge is 0.303 e. The molecule has 0 saturated carbocycles. The van der Waals surface area contributed by atoms with Crippen LogP contribution < -0.4 is 0 Å². The Labute approximate surface area is 88.5 Å². The van der Waals surface area contributed by atoms with Crippen LogP contribution in [0.1, 0.15) is 26.2 Å². The van der Waals surface area contributed by atoms with E-state index in [0.29, 0.717) is 6.42 Å². The molecule has 0 aliphatic heterocycles. The highest BCUT2D eigenvalue weighted by Gasteiger charge is 2.20. The summed E-state index contributed by atoms with van der Waals surface area (Å²) in [5, 5.41) is -0.755. The molecule has 7 heteroatoms. The van der Waals surface area contributed by atoms with Crippen LogP contribution in [0.5, 0.6) is 0 Å². The van der Waals surface area contributed by atoms with E-state index in [1.54, 1.807) is 0 Å². The zero-order chi connectivity index (χ0) is 11.2. The lowest BCUT2D eigenvalue weighted by Gasteiger charge is -2.10. The van der Waals surface area contributed by atoms with Crippen LogP contribution in [-0.4, -0.2) is 27.4 Å². The van der Waals surface area contributed by atoms with Gasteiger partial charge in [-0.1, -0.05) is 13.3 Å². The highest BCUT2D eigenvalue weighted by Crippen LogP contribution is 2.36. The Morgan fingerprint density at radius 1 is 1.57 bits per heavy atom. The van der Waals surface area contributed by atoms with Crippen LogP contribution >= 0.6 is 20.5 Å². The van der Waals surface area contributed by atoms with Crippen LogP contribution in [0.2, 0.25) is 0 Å². The van der Waals surface area contributed by atoms with Gasteiger partial charge in [0.2, 0.25) is 0 Å². The minimum Gasteiger partial charge on any atom is -0.303 e. The van der Waals surface area contributed by atoms with Gasteiger partial charge in [-0.15, -0.1) is 0 Å². The summed E-state index contributed by atoms with van der Waals surface area (Å²) < 4.78 is 14.5. The van der Waals surface area contributed by atoms with Crippen molar-refractivity contribution in [1.82, 2.24) is 0 Å². The normalized spacial score (nSPS) is 14.0. The Bertz CT molecular complexity index is 226. The van der Waals surface area contributed by atoms with Crippen molar-refractivity contribution in [3.8, 4) is 0 Å². The predicted molar refractivity (Wildman–Crippen MR) is 55.3 cm³/mol. The molecule has 0 radical (unpaired) electrons. The van der Waals surface area contributed by atoms with Gasteiger partial charge < -0.3 is 9.79 Å². The molecule has 0 fully saturated rings. The van der Waals surface area contributed by atoms with E-state index in [2.05, 4.69) is 17.2 Å². The summed E-state index contributed by atoms with van der Waals surface area (Å²) >= 11 is 3.89. The number of carbonyl (C=O) groups excluding carboxylic acids is 1. The lowest BCUT2D eigenvalue weighted by atomic mass is 10.1. The molecule has 1 unspecified atom stereocenters. The van der Waals surface area contributed by atoms with Crippen molar-refractivity contribution in [3.05, 3.63) is 0 Å². The fraction of sp³-hybridized carbons (Fsp3) is 0.857. The average Bonchev–Trinajstić information content (AvgIpc) is 2.09. The number of ketones is 1. The minimum atomic E-state index is -4.49. The third-order valence-electron chi connectivity index (χ3n) is 1.55. The number of thiol groups is 1. The molecular formula is C7H15O5PS. The monoisotopic (exact) mass is 242 g/mol. The maximum absolute atomic E-state index is 11.2. The van der Waals surface area contributed by atoms with Crippen molar-refractivity contribution in [2.75, 3.05) is 6.61 Å². The summed E-state index contributed by atoms with van der Waals surface area (Å²) in [5.74, 6) is -0.149. The first-order chi connectivity index (χ1) is 6.37. The lowest BCUT2D eigenvalue weighted by molar-refractivity contribution is -0.119. The average molecular weight is 242 g/mol. The molecule has 0 aromatic carbocycles. The van der Waals surface area contributed by atoms with E-state index in [9.17, 15) is 9.36 Å². The van der Waals surface area contributed by atoms with Gasteiger partial charge in [0, 0.05) is 6.42 Å². The quantitative estimate of drug-likeness (QED) is 0.460. The van der Waals surface area contributed by atoms with E-state index in [0.717, 1.165) is 12.8 Å². The molecule has 0 aliphatic carbocycles. The zero-order valence-corrected chi connectivity index (χ0v) is 9.71. The number of Topliss-reactive ketones (excluding diaryl/α,β-unsaturated/α-hetero) is 1. The van der Waals surface area contributed by atoms with E-state index in [1.807, 2.05) is 6.92 Å². The van der Waals surface area contributed by atoms with Crippen LogP contribution in [0, 0.1) is 0 Å². The number of phosphoric acid groups is 1. The van der Waals surface area contributed by atoms with E-state index in [-0.39, 0.29) is 12.4 Å². The second-order valence-corrected chi connectivity index (χ2v) is 4.73. The molecule has 0 heterocycles. The fourth-order valence-electron chi connectivity index (χ4n) is 0.778. The van der Waals surface area contributed by atoms with Crippen molar-refractivity contribution in [2.45, 2.75) is 31.4 Å². The number of hydrogen-bond acceptors (Lipinski definition) is 4. The number of carbonyl (C=O) groups is 1. The Kier molecular flexibility index (Phi) is 6.64. The van der Waals surface area contributed by atoms with Gasteiger partial charge in [0.05, 0.1) is 11.9 Å². The summed E-state index contributed by atoms with van der Waals surface area (Å²) in [4.78, 5) is 27.9. The number of unbranched alkanes of at least 4 members (excludes halogenated alkanes) is 1. The molecule has 0 bridgehead atoms. The predicted octanol–water partition coefficient (Wildman–Crippen LogP) is 1.15. The Morgan fingerprint density at radius 3 is 2.57 bits per heavy atom. The van der Waals surface area contributed by atoms with E-state index < -0.39 is 13.1 Å². The molecule has 0 rings (SSSR count). The van der Waals surface area contributed by atoms with Gasteiger partial charge in [0.15, 0.2) is 0 Å². The molecule has 0 saturated heterocycles. The summed E-state index contributed by atoms with van der Waals surface area (Å²) in [6, 6.07) is 0. The SMILES string of the molecule is CCCCC(=O)C(S)COP(=O)(O)O. The second kappa shape index (κ2) is 6.58. The largest absolute Gasteiger partial charge is 0.469 e. The van der Waals surface area contributed by atoms with Gasteiger partial charge in [0.1, 0.15) is 5.78 Å². The maximum atomic E-state index is 11.2.